The number of rotatable bonds is 5. The van der Waals surface area contributed by atoms with Gasteiger partial charge < -0.3 is 9.73 Å². The van der Waals surface area contributed by atoms with Crippen LogP contribution in [-0.2, 0) is 24.1 Å². The van der Waals surface area contributed by atoms with Gasteiger partial charge in [0.1, 0.15) is 17.3 Å². The summed E-state index contributed by atoms with van der Waals surface area (Å²) in [5.41, 5.74) is 4.35. The molecule has 3 nitrogen and oxygen atoms in total. The van der Waals surface area contributed by atoms with Crippen LogP contribution in [0.4, 0.5) is 10.1 Å². The number of furan rings is 1. The fourth-order valence-corrected chi connectivity index (χ4v) is 4.03. The molecule has 4 rings (SSSR count). The molecule has 2 aromatic rings. The molecular formula is C22H24FNO2. The summed E-state index contributed by atoms with van der Waals surface area (Å²) in [5, 5.41) is 2.81. The van der Waals surface area contributed by atoms with Crippen molar-refractivity contribution in [2.75, 3.05) is 5.32 Å². The van der Waals surface area contributed by atoms with Gasteiger partial charge in [0.05, 0.1) is 5.57 Å². The van der Waals surface area contributed by atoms with Crippen LogP contribution >= 0.6 is 0 Å². The molecule has 0 fully saturated rings. The van der Waals surface area contributed by atoms with Gasteiger partial charge in [0.25, 0.3) is 5.91 Å². The third kappa shape index (κ3) is 3.09. The van der Waals surface area contributed by atoms with Crippen molar-refractivity contribution in [1.82, 2.24) is 0 Å². The van der Waals surface area contributed by atoms with Crippen molar-refractivity contribution in [1.29, 1.82) is 0 Å². The Balaban J connectivity index is 1.76. The zero-order chi connectivity index (χ0) is 18.1. The van der Waals surface area contributed by atoms with Crippen molar-refractivity contribution < 1.29 is 13.6 Å². The zero-order valence-corrected chi connectivity index (χ0v) is 15.2. The highest BCUT2D eigenvalue weighted by Crippen LogP contribution is 2.37. The van der Waals surface area contributed by atoms with E-state index in [0.717, 1.165) is 43.6 Å². The van der Waals surface area contributed by atoms with E-state index < -0.39 is 0 Å². The highest BCUT2D eigenvalue weighted by Gasteiger charge is 2.27. The summed E-state index contributed by atoms with van der Waals surface area (Å²) in [4.78, 5) is 12.4. The Morgan fingerprint density at radius 2 is 2.08 bits per heavy atom. The molecule has 1 aliphatic carbocycles. The normalized spacial score (nSPS) is 17.3. The Hall–Kier alpha value is -2.36. The summed E-state index contributed by atoms with van der Waals surface area (Å²) < 4.78 is 19.9. The van der Waals surface area contributed by atoms with Gasteiger partial charge in [0, 0.05) is 23.2 Å². The second-order valence-electron chi connectivity index (χ2n) is 7.21. The van der Waals surface area contributed by atoms with Crippen molar-refractivity contribution in [2.24, 2.45) is 0 Å². The number of benzene rings is 1. The van der Waals surface area contributed by atoms with Crippen LogP contribution in [-0.4, -0.2) is 5.91 Å². The molecule has 1 aliphatic heterocycles. The zero-order valence-electron chi connectivity index (χ0n) is 15.2. The van der Waals surface area contributed by atoms with Gasteiger partial charge in [-0.3, -0.25) is 4.79 Å². The Bertz CT molecular complexity index is 879. The summed E-state index contributed by atoms with van der Waals surface area (Å²) in [6.45, 7) is 2.20. The fourth-order valence-electron chi connectivity index (χ4n) is 4.03. The fraction of sp³-hybridized carbons (Fsp3) is 0.409. The summed E-state index contributed by atoms with van der Waals surface area (Å²) in [6.07, 6.45) is 10.6. The van der Waals surface area contributed by atoms with Gasteiger partial charge in [-0.25, -0.2) is 4.39 Å². The number of anilines is 1. The maximum absolute atomic E-state index is 13.7. The highest BCUT2D eigenvalue weighted by molar-refractivity contribution is 6.34. The van der Waals surface area contributed by atoms with Crippen LogP contribution in [0.1, 0.15) is 67.2 Å². The minimum absolute atomic E-state index is 0.195. The predicted molar refractivity (Wildman–Crippen MR) is 101 cm³/mol. The van der Waals surface area contributed by atoms with E-state index in [2.05, 4.69) is 12.2 Å². The second-order valence-corrected chi connectivity index (χ2v) is 7.21. The predicted octanol–water partition coefficient (Wildman–Crippen LogP) is 5.52. The Labute approximate surface area is 153 Å². The van der Waals surface area contributed by atoms with E-state index in [1.807, 2.05) is 6.08 Å². The molecule has 1 amide bonds. The number of hydrogen-bond acceptors (Lipinski definition) is 2. The number of unbranched alkanes of at least 4 members (excludes halogenated alkanes) is 2. The van der Waals surface area contributed by atoms with Gasteiger partial charge in [-0.1, -0.05) is 19.8 Å². The van der Waals surface area contributed by atoms with Crippen LogP contribution in [0.15, 0.2) is 22.6 Å². The third-order valence-corrected chi connectivity index (χ3v) is 5.38. The molecule has 2 aliphatic rings. The van der Waals surface area contributed by atoms with Gasteiger partial charge >= 0.3 is 0 Å². The summed E-state index contributed by atoms with van der Waals surface area (Å²) in [5.74, 6) is 1.33. The van der Waals surface area contributed by atoms with Crippen LogP contribution in [0.5, 0.6) is 0 Å². The molecule has 26 heavy (non-hydrogen) atoms. The minimum Gasteiger partial charge on any atom is -0.461 e. The van der Waals surface area contributed by atoms with Crippen molar-refractivity contribution in [3.63, 3.8) is 0 Å². The molecule has 0 radical (unpaired) electrons. The van der Waals surface area contributed by atoms with Crippen LogP contribution in [0.2, 0.25) is 0 Å². The molecule has 1 aromatic heterocycles. The maximum atomic E-state index is 13.7. The van der Waals surface area contributed by atoms with E-state index in [4.69, 9.17) is 4.42 Å². The van der Waals surface area contributed by atoms with E-state index >= 15 is 0 Å². The molecule has 136 valence electrons. The molecule has 4 heteroatoms. The van der Waals surface area contributed by atoms with Crippen molar-refractivity contribution in [3.05, 3.63) is 52.2 Å². The third-order valence-electron chi connectivity index (χ3n) is 5.38. The summed E-state index contributed by atoms with van der Waals surface area (Å²) >= 11 is 0. The number of carbonyl (C=O) groups excluding carboxylic acids is 1. The number of carbonyl (C=O) groups is 1. The molecule has 0 spiro atoms. The first kappa shape index (κ1) is 17.1. The van der Waals surface area contributed by atoms with Gasteiger partial charge in [-0.05, 0) is 61.9 Å². The molecule has 2 heterocycles. The standard InChI is InChI=1S/C22H24FNO2/c1-2-3-4-7-16-15-8-5-6-9-20(15)26-21(16)13-18-17-12-14(23)10-11-19(17)24-22(18)25/h10-13H,2-9H2,1H3,(H,24,25). The monoisotopic (exact) mass is 353 g/mol. The van der Waals surface area contributed by atoms with Gasteiger partial charge in [0.2, 0.25) is 0 Å². The number of nitrogens with one attached hydrogen (secondary N) is 1. The smallest absolute Gasteiger partial charge is 0.256 e. The van der Waals surface area contributed by atoms with E-state index in [1.54, 1.807) is 6.07 Å². The topological polar surface area (TPSA) is 42.2 Å². The number of aryl methyl sites for hydroxylation is 1. The number of hydrogen-bond donors (Lipinski definition) is 1. The largest absolute Gasteiger partial charge is 0.461 e. The van der Waals surface area contributed by atoms with Crippen LogP contribution in [0, 0.1) is 5.82 Å². The first-order chi connectivity index (χ1) is 12.7. The Morgan fingerprint density at radius 1 is 1.23 bits per heavy atom. The Morgan fingerprint density at radius 3 is 2.92 bits per heavy atom. The average molecular weight is 353 g/mol. The van der Waals surface area contributed by atoms with E-state index in [9.17, 15) is 9.18 Å². The van der Waals surface area contributed by atoms with Crippen molar-refractivity contribution >= 4 is 23.2 Å². The minimum atomic E-state index is -0.340. The first-order valence-corrected chi connectivity index (χ1v) is 9.63. The number of halogens is 1. The average Bonchev–Trinajstić information content (AvgIpc) is 3.13. The van der Waals surface area contributed by atoms with Crippen LogP contribution in [0.3, 0.4) is 0 Å². The Kier molecular flexibility index (Phi) is 4.66. The first-order valence-electron chi connectivity index (χ1n) is 9.63. The molecule has 0 atom stereocenters. The molecule has 0 bridgehead atoms. The van der Waals surface area contributed by atoms with Crippen molar-refractivity contribution in [3.8, 4) is 0 Å². The van der Waals surface area contributed by atoms with Gasteiger partial charge in [-0.2, -0.15) is 0 Å². The lowest BCUT2D eigenvalue weighted by molar-refractivity contribution is -0.110. The molecule has 1 N–H and O–H groups in total. The number of fused-ring (bicyclic) bond motifs is 2. The molecular weight excluding hydrogens is 329 g/mol. The number of amides is 1. The second kappa shape index (κ2) is 7.10. The van der Waals surface area contributed by atoms with Crippen molar-refractivity contribution in [2.45, 2.75) is 58.3 Å². The molecule has 0 saturated heterocycles. The summed E-state index contributed by atoms with van der Waals surface area (Å²) in [6, 6.07) is 4.39. The van der Waals surface area contributed by atoms with Gasteiger partial charge in [0.15, 0.2) is 0 Å². The van der Waals surface area contributed by atoms with E-state index in [-0.39, 0.29) is 11.7 Å². The molecule has 0 unspecified atom stereocenters. The molecule has 0 saturated carbocycles. The lowest BCUT2D eigenvalue weighted by atomic mass is 9.92. The van der Waals surface area contributed by atoms with E-state index in [0.29, 0.717) is 16.8 Å². The maximum Gasteiger partial charge on any atom is 0.256 e. The SMILES string of the molecule is CCCCCc1c(C=C2C(=O)Nc3ccc(F)cc32)oc2c1CCCC2. The van der Waals surface area contributed by atoms with Crippen LogP contribution < -0.4 is 5.32 Å². The lowest BCUT2D eigenvalue weighted by Crippen LogP contribution is -2.04. The highest BCUT2D eigenvalue weighted by atomic mass is 19.1. The quantitative estimate of drug-likeness (QED) is 0.568. The molecule has 1 aromatic carbocycles. The van der Waals surface area contributed by atoms with Crippen LogP contribution in [0.25, 0.3) is 11.6 Å². The lowest BCUT2D eigenvalue weighted by Gasteiger charge is -2.10. The van der Waals surface area contributed by atoms with E-state index in [1.165, 1.54) is 42.5 Å². The van der Waals surface area contributed by atoms with Gasteiger partial charge in [-0.15, -0.1) is 0 Å². The summed E-state index contributed by atoms with van der Waals surface area (Å²) in [7, 11) is 0.